The summed E-state index contributed by atoms with van der Waals surface area (Å²) in [7, 11) is 0. The molecule has 0 saturated carbocycles. The van der Waals surface area contributed by atoms with Crippen molar-refractivity contribution in [3.8, 4) is 0 Å². The maximum absolute atomic E-state index is 3.24. The first-order chi connectivity index (χ1) is 2.89. The molecule has 1 rings (SSSR count). The molecule has 2 heteroatoms. The zero-order valence-corrected chi connectivity index (χ0v) is 4.72. The Bertz CT molecular complexity index is 40.8. The van der Waals surface area contributed by atoms with E-state index in [0.29, 0.717) is 0 Å². The van der Waals surface area contributed by atoms with E-state index in [9.17, 15) is 0 Å². The van der Waals surface area contributed by atoms with Crippen LogP contribution in [-0.4, -0.2) is 11.8 Å². The van der Waals surface area contributed by atoms with Gasteiger partial charge in [0.1, 0.15) is 0 Å². The molecule has 1 aliphatic rings. The van der Waals surface area contributed by atoms with Gasteiger partial charge in [-0.2, -0.15) is 0 Å². The van der Waals surface area contributed by atoms with Crippen molar-refractivity contribution in [1.29, 1.82) is 0 Å². The van der Waals surface area contributed by atoms with Crippen molar-refractivity contribution in [2.75, 3.05) is 5.75 Å². The molecular weight excluding hydrogens is 94.1 g/mol. The van der Waals surface area contributed by atoms with Crippen LogP contribution in [0.1, 0.15) is 13.3 Å². The number of hydrogen-bond donors (Lipinski definition) is 1. The molecule has 1 saturated heterocycles. The van der Waals surface area contributed by atoms with E-state index in [-0.39, 0.29) is 0 Å². The second-order valence-electron chi connectivity index (χ2n) is 1.66. The van der Waals surface area contributed by atoms with Gasteiger partial charge in [0.2, 0.25) is 0 Å². The smallest absolute Gasteiger partial charge is 0.0151 e. The second-order valence-corrected chi connectivity index (χ2v) is 2.59. The Labute approximate surface area is 42.6 Å². The van der Waals surface area contributed by atoms with Crippen molar-refractivity contribution in [2.24, 2.45) is 0 Å². The van der Waals surface area contributed by atoms with Crippen LogP contribution in [0, 0.1) is 0 Å². The van der Waals surface area contributed by atoms with Gasteiger partial charge < -0.3 is 0 Å². The van der Waals surface area contributed by atoms with Crippen LogP contribution in [0.15, 0.2) is 0 Å². The SMILES string of the molecule is C[C@@H]1CCSN1. The Morgan fingerprint density at radius 1 is 1.83 bits per heavy atom. The molecule has 6 heavy (non-hydrogen) atoms. The van der Waals surface area contributed by atoms with Crippen LogP contribution in [0.3, 0.4) is 0 Å². The predicted octanol–water partition coefficient (Wildman–Crippen LogP) is 1.02. The third-order valence-electron chi connectivity index (χ3n) is 0.937. The Kier molecular flexibility index (Phi) is 1.37. The van der Waals surface area contributed by atoms with E-state index in [2.05, 4.69) is 11.6 Å². The lowest BCUT2D eigenvalue weighted by atomic mass is 10.3. The van der Waals surface area contributed by atoms with Crippen molar-refractivity contribution >= 4 is 11.9 Å². The van der Waals surface area contributed by atoms with Crippen LogP contribution in [0.4, 0.5) is 0 Å². The number of nitrogens with one attached hydrogen (secondary N) is 1. The van der Waals surface area contributed by atoms with Gasteiger partial charge in [-0.1, -0.05) is 11.9 Å². The summed E-state index contributed by atoms with van der Waals surface area (Å²) < 4.78 is 3.24. The standard InChI is InChI=1S/C4H9NS/c1-4-2-3-6-5-4/h4-5H,2-3H2,1H3/t4-/m1/s1. The van der Waals surface area contributed by atoms with Gasteiger partial charge >= 0.3 is 0 Å². The van der Waals surface area contributed by atoms with E-state index in [4.69, 9.17) is 0 Å². The molecule has 0 aromatic carbocycles. The van der Waals surface area contributed by atoms with Crippen molar-refractivity contribution in [2.45, 2.75) is 19.4 Å². The van der Waals surface area contributed by atoms with E-state index >= 15 is 0 Å². The molecule has 1 atom stereocenters. The molecular formula is C4H9NS. The van der Waals surface area contributed by atoms with E-state index in [1.165, 1.54) is 12.2 Å². The summed E-state index contributed by atoms with van der Waals surface area (Å²) in [6, 6.07) is 0.759. The monoisotopic (exact) mass is 103 g/mol. The molecule has 1 fully saturated rings. The Morgan fingerprint density at radius 3 is 2.83 bits per heavy atom. The lowest BCUT2D eigenvalue weighted by Gasteiger charge is -1.93. The molecule has 0 spiro atoms. The highest BCUT2D eigenvalue weighted by molar-refractivity contribution is 7.97. The molecule has 0 radical (unpaired) electrons. The minimum Gasteiger partial charge on any atom is -0.261 e. The first-order valence-corrected chi connectivity index (χ1v) is 3.25. The molecule has 0 amide bonds. The van der Waals surface area contributed by atoms with Crippen molar-refractivity contribution in [1.82, 2.24) is 4.72 Å². The normalized spacial score (nSPS) is 34.5. The van der Waals surface area contributed by atoms with Crippen molar-refractivity contribution in [3.63, 3.8) is 0 Å². The number of hydrogen-bond acceptors (Lipinski definition) is 2. The van der Waals surface area contributed by atoms with Crippen LogP contribution in [-0.2, 0) is 0 Å². The molecule has 1 nitrogen and oxygen atoms in total. The van der Waals surface area contributed by atoms with E-state index < -0.39 is 0 Å². The maximum atomic E-state index is 3.24. The minimum absolute atomic E-state index is 0.759. The van der Waals surface area contributed by atoms with Crippen LogP contribution < -0.4 is 4.72 Å². The highest BCUT2D eigenvalue weighted by Gasteiger charge is 2.06. The fraction of sp³-hybridized carbons (Fsp3) is 1.00. The van der Waals surface area contributed by atoms with Crippen molar-refractivity contribution < 1.29 is 0 Å². The minimum atomic E-state index is 0.759. The third-order valence-corrected chi connectivity index (χ3v) is 1.95. The lowest BCUT2D eigenvalue weighted by molar-refractivity contribution is 0.709. The molecule has 0 aliphatic carbocycles. The predicted molar refractivity (Wildman–Crippen MR) is 29.7 cm³/mol. The molecule has 36 valence electrons. The average Bonchev–Trinajstić information content (AvgIpc) is 1.86. The van der Waals surface area contributed by atoms with Gasteiger partial charge in [-0.05, 0) is 13.3 Å². The molecule has 1 aliphatic heterocycles. The summed E-state index contributed by atoms with van der Waals surface area (Å²) in [5, 5.41) is 0. The lowest BCUT2D eigenvalue weighted by Crippen LogP contribution is -2.09. The van der Waals surface area contributed by atoms with Gasteiger partial charge in [0, 0.05) is 11.8 Å². The zero-order valence-electron chi connectivity index (χ0n) is 3.90. The Balaban J connectivity index is 2.18. The first kappa shape index (κ1) is 4.47. The molecule has 0 bridgehead atoms. The van der Waals surface area contributed by atoms with E-state index in [1.54, 1.807) is 0 Å². The highest BCUT2D eigenvalue weighted by Crippen LogP contribution is 2.10. The van der Waals surface area contributed by atoms with Crippen LogP contribution in [0.25, 0.3) is 0 Å². The summed E-state index contributed by atoms with van der Waals surface area (Å²) in [6.07, 6.45) is 1.34. The quantitative estimate of drug-likeness (QED) is 0.459. The second kappa shape index (κ2) is 1.85. The van der Waals surface area contributed by atoms with Gasteiger partial charge in [-0.25, -0.2) is 0 Å². The van der Waals surface area contributed by atoms with Crippen LogP contribution in [0.2, 0.25) is 0 Å². The van der Waals surface area contributed by atoms with Gasteiger partial charge in [0.05, 0.1) is 0 Å². The highest BCUT2D eigenvalue weighted by atomic mass is 32.2. The summed E-state index contributed by atoms with van der Waals surface area (Å²) in [6.45, 7) is 2.21. The molecule has 0 aromatic rings. The van der Waals surface area contributed by atoms with Gasteiger partial charge in [0.25, 0.3) is 0 Å². The molecule has 1 N–H and O–H groups in total. The summed E-state index contributed by atoms with van der Waals surface area (Å²) in [4.78, 5) is 0. The Hall–Kier alpha value is 0.310. The summed E-state index contributed by atoms with van der Waals surface area (Å²) >= 11 is 1.83. The van der Waals surface area contributed by atoms with Gasteiger partial charge in [-0.3, -0.25) is 4.72 Å². The Morgan fingerprint density at radius 2 is 2.67 bits per heavy atom. The molecule has 0 aromatic heterocycles. The van der Waals surface area contributed by atoms with Crippen LogP contribution in [0.5, 0.6) is 0 Å². The number of rotatable bonds is 0. The van der Waals surface area contributed by atoms with Gasteiger partial charge in [0.15, 0.2) is 0 Å². The molecule has 1 heterocycles. The van der Waals surface area contributed by atoms with E-state index in [1.807, 2.05) is 11.9 Å². The first-order valence-electron chi connectivity index (χ1n) is 2.27. The van der Waals surface area contributed by atoms with Gasteiger partial charge in [-0.15, -0.1) is 0 Å². The molecule has 0 unspecified atom stereocenters. The van der Waals surface area contributed by atoms with Crippen molar-refractivity contribution in [3.05, 3.63) is 0 Å². The van der Waals surface area contributed by atoms with E-state index in [0.717, 1.165) is 6.04 Å². The maximum Gasteiger partial charge on any atom is 0.0151 e. The average molecular weight is 103 g/mol. The fourth-order valence-corrected chi connectivity index (χ4v) is 1.49. The zero-order chi connectivity index (χ0) is 4.41. The van der Waals surface area contributed by atoms with Crippen LogP contribution >= 0.6 is 11.9 Å². The topological polar surface area (TPSA) is 12.0 Å². The summed E-state index contributed by atoms with van der Waals surface area (Å²) in [5.74, 6) is 1.29. The third kappa shape index (κ3) is 0.884. The summed E-state index contributed by atoms with van der Waals surface area (Å²) in [5.41, 5.74) is 0. The fourth-order valence-electron chi connectivity index (χ4n) is 0.496. The largest absolute Gasteiger partial charge is 0.261 e.